The highest BCUT2D eigenvalue weighted by atomic mass is 35.5. The van der Waals surface area contributed by atoms with Gasteiger partial charge in [-0.1, -0.05) is 30.9 Å². The van der Waals surface area contributed by atoms with Gasteiger partial charge in [0.15, 0.2) is 0 Å². The van der Waals surface area contributed by atoms with Crippen LogP contribution in [0.1, 0.15) is 61.7 Å². The Morgan fingerprint density at radius 3 is 2.48 bits per heavy atom. The first-order chi connectivity index (χ1) is 11.2. The zero-order valence-corrected chi connectivity index (χ0v) is 14.7. The summed E-state index contributed by atoms with van der Waals surface area (Å²) in [7, 11) is 2.07. The maximum Gasteiger partial charge on any atom is 0.255 e. The lowest BCUT2D eigenvalue weighted by atomic mass is 9.94. The molecule has 5 heteroatoms. The Labute approximate surface area is 143 Å². The molecular weight excluding hydrogens is 310 g/mol. The molecule has 0 spiro atoms. The van der Waals surface area contributed by atoms with Gasteiger partial charge in [-0.15, -0.1) is 0 Å². The van der Waals surface area contributed by atoms with Crippen LogP contribution in [0.3, 0.4) is 0 Å². The molecule has 126 valence electrons. The largest absolute Gasteiger partial charge is 0.355 e. The van der Waals surface area contributed by atoms with E-state index in [2.05, 4.69) is 16.9 Å². The number of nitrogens with zero attached hydrogens (tertiary/aromatic N) is 3. The van der Waals surface area contributed by atoms with Gasteiger partial charge in [0.2, 0.25) is 0 Å². The lowest BCUT2D eigenvalue weighted by molar-refractivity contribution is 0.0724. The predicted molar refractivity (Wildman–Crippen MR) is 94.3 cm³/mol. The molecule has 0 aromatic carbocycles. The zero-order chi connectivity index (χ0) is 16.2. The van der Waals surface area contributed by atoms with E-state index in [0.29, 0.717) is 16.6 Å². The third kappa shape index (κ3) is 3.79. The van der Waals surface area contributed by atoms with Crippen LogP contribution in [0.4, 0.5) is 5.82 Å². The predicted octanol–water partition coefficient (Wildman–Crippen LogP) is 4.13. The second kappa shape index (κ2) is 7.52. The van der Waals surface area contributed by atoms with Crippen molar-refractivity contribution in [2.75, 3.05) is 25.0 Å². The summed E-state index contributed by atoms with van der Waals surface area (Å²) < 4.78 is 0. The lowest BCUT2D eigenvalue weighted by Crippen LogP contribution is -2.36. The molecule has 2 aliphatic rings. The number of piperidine rings is 1. The number of amides is 1. The molecule has 1 aliphatic heterocycles. The van der Waals surface area contributed by atoms with E-state index in [4.69, 9.17) is 11.6 Å². The van der Waals surface area contributed by atoms with Gasteiger partial charge >= 0.3 is 0 Å². The van der Waals surface area contributed by atoms with Gasteiger partial charge < -0.3 is 9.80 Å². The Morgan fingerprint density at radius 1 is 1.17 bits per heavy atom. The molecule has 0 unspecified atom stereocenters. The summed E-state index contributed by atoms with van der Waals surface area (Å²) in [5, 5.41) is 0.584. The highest BCUT2D eigenvalue weighted by Gasteiger charge is 2.23. The summed E-state index contributed by atoms with van der Waals surface area (Å²) in [5.41, 5.74) is 0.609. The van der Waals surface area contributed by atoms with Gasteiger partial charge in [-0.05, 0) is 38.2 Å². The van der Waals surface area contributed by atoms with Crippen LogP contribution in [-0.2, 0) is 0 Å². The Kier molecular flexibility index (Phi) is 5.42. The van der Waals surface area contributed by atoms with E-state index in [1.807, 2.05) is 4.90 Å². The molecule has 0 bridgehead atoms. The second-order valence-corrected chi connectivity index (χ2v) is 7.19. The number of carbonyl (C=O) groups is 1. The topological polar surface area (TPSA) is 36.4 Å². The molecule has 0 atom stereocenters. The van der Waals surface area contributed by atoms with Crippen LogP contribution in [0.5, 0.6) is 0 Å². The van der Waals surface area contributed by atoms with Crippen LogP contribution in [0, 0.1) is 0 Å². The first-order valence-electron chi connectivity index (χ1n) is 8.84. The van der Waals surface area contributed by atoms with Crippen LogP contribution in [0.25, 0.3) is 0 Å². The summed E-state index contributed by atoms with van der Waals surface area (Å²) in [6.45, 7) is 1.69. The second-order valence-electron chi connectivity index (χ2n) is 6.79. The van der Waals surface area contributed by atoms with Crippen molar-refractivity contribution in [3.05, 3.63) is 22.8 Å². The van der Waals surface area contributed by atoms with E-state index in [0.717, 1.165) is 31.7 Å². The standard InChI is InChI=1S/C18H26ClN3O/c1-21(15-8-4-2-5-9-15)17-16(19)12-14(13-20-17)18(23)22-10-6-3-7-11-22/h12-13,15H,2-11H2,1H3. The van der Waals surface area contributed by atoms with Gasteiger partial charge in [-0.25, -0.2) is 4.98 Å². The van der Waals surface area contributed by atoms with Crippen LogP contribution >= 0.6 is 11.6 Å². The molecule has 4 nitrogen and oxygen atoms in total. The number of rotatable bonds is 3. The summed E-state index contributed by atoms with van der Waals surface area (Å²) in [5.74, 6) is 0.861. The number of aromatic nitrogens is 1. The van der Waals surface area contributed by atoms with Crippen molar-refractivity contribution in [2.24, 2.45) is 0 Å². The molecule has 23 heavy (non-hydrogen) atoms. The fourth-order valence-corrected chi connectivity index (χ4v) is 4.03. The van der Waals surface area contributed by atoms with Crippen LogP contribution in [0.2, 0.25) is 5.02 Å². The Hall–Kier alpha value is -1.29. The van der Waals surface area contributed by atoms with Crippen molar-refractivity contribution in [3.63, 3.8) is 0 Å². The van der Waals surface area contributed by atoms with E-state index in [9.17, 15) is 4.79 Å². The van der Waals surface area contributed by atoms with Crippen molar-refractivity contribution in [1.82, 2.24) is 9.88 Å². The quantitative estimate of drug-likeness (QED) is 0.833. The molecule has 3 rings (SSSR count). The van der Waals surface area contributed by atoms with Crippen molar-refractivity contribution in [3.8, 4) is 0 Å². The average Bonchev–Trinajstić information content (AvgIpc) is 2.62. The first-order valence-corrected chi connectivity index (χ1v) is 9.22. The summed E-state index contributed by atoms with van der Waals surface area (Å²) in [6.07, 6.45) is 11.4. The van der Waals surface area contributed by atoms with E-state index < -0.39 is 0 Å². The van der Waals surface area contributed by atoms with Crippen molar-refractivity contribution < 1.29 is 4.79 Å². The number of hydrogen-bond acceptors (Lipinski definition) is 3. The summed E-state index contributed by atoms with van der Waals surface area (Å²) in [6, 6.07) is 2.30. The number of pyridine rings is 1. The molecular formula is C18H26ClN3O. The number of anilines is 1. The van der Waals surface area contributed by atoms with Gasteiger partial charge in [-0.2, -0.15) is 0 Å². The van der Waals surface area contributed by atoms with Gasteiger partial charge in [0.05, 0.1) is 10.6 Å². The molecule has 1 amide bonds. The van der Waals surface area contributed by atoms with E-state index >= 15 is 0 Å². The van der Waals surface area contributed by atoms with Crippen LogP contribution < -0.4 is 4.90 Å². The van der Waals surface area contributed by atoms with Crippen LogP contribution in [0.15, 0.2) is 12.3 Å². The Bertz CT molecular complexity index is 551. The van der Waals surface area contributed by atoms with Crippen molar-refractivity contribution in [1.29, 1.82) is 0 Å². The number of halogens is 1. The van der Waals surface area contributed by atoms with E-state index in [1.54, 1.807) is 12.3 Å². The molecule has 1 saturated heterocycles. The normalized spacial score (nSPS) is 19.7. The van der Waals surface area contributed by atoms with E-state index in [-0.39, 0.29) is 5.91 Å². The third-order valence-corrected chi connectivity index (χ3v) is 5.45. The summed E-state index contributed by atoms with van der Waals surface area (Å²) in [4.78, 5) is 21.2. The molecule has 1 saturated carbocycles. The maximum absolute atomic E-state index is 12.5. The molecule has 1 aliphatic carbocycles. The van der Waals surface area contributed by atoms with Gasteiger partial charge in [0.25, 0.3) is 5.91 Å². The Balaban J connectivity index is 1.73. The van der Waals surface area contributed by atoms with Gasteiger partial charge in [0, 0.05) is 32.4 Å². The third-order valence-electron chi connectivity index (χ3n) is 5.17. The van der Waals surface area contributed by atoms with Gasteiger partial charge in [-0.3, -0.25) is 4.79 Å². The monoisotopic (exact) mass is 335 g/mol. The highest BCUT2D eigenvalue weighted by molar-refractivity contribution is 6.33. The van der Waals surface area contributed by atoms with Gasteiger partial charge in [0.1, 0.15) is 5.82 Å². The molecule has 1 aromatic heterocycles. The zero-order valence-electron chi connectivity index (χ0n) is 13.9. The number of hydrogen-bond donors (Lipinski definition) is 0. The molecule has 0 radical (unpaired) electrons. The first kappa shape index (κ1) is 16.6. The van der Waals surface area contributed by atoms with E-state index in [1.165, 1.54) is 38.5 Å². The van der Waals surface area contributed by atoms with Crippen molar-refractivity contribution >= 4 is 23.3 Å². The maximum atomic E-state index is 12.5. The SMILES string of the molecule is CN(c1ncc(C(=O)N2CCCCC2)cc1Cl)C1CCCCC1. The smallest absolute Gasteiger partial charge is 0.255 e. The lowest BCUT2D eigenvalue weighted by Gasteiger charge is -2.32. The minimum Gasteiger partial charge on any atom is -0.355 e. The minimum atomic E-state index is 0.0611. The fraction of sp³-hybridized carbons (Fsp3) is 0.667. The molecule has 2 heterocycles. The Morgan fingerprint density at radius 2 is 1.83 bits per heavy atom. The molecule has 0 N–H and O–H groups in total. The number of carbonyl (C=O) groups excluding carboxylic acids is 1. The average molecular weight is 336 g/mol. The minimum absolute atomic E-state index is 0.0611. The molecule has 2 fully saturated rings. The number of likely N-dealkylation sites (tertiary alicyclic amines) is 1. The molecule has 1 aromatic rings. The highest BCUT2D eigenvalue weighted by Crippen LogP contribution is 2.30. The van der Waals surface area contributed by atoms with Crippen LogP contribution in [-0.4, -0.2) is 42.0 Å². The van der Waals surface area contributed by atoms with Crippen molar-refractivity contribution in [2.45, 2.75) is 57.4 Å². The fourth-order valence-electron chi connectivity index (χ4n) is 3.73. The summed E-state index contributed by atoms with van der Waals surface area (Å²) >= 11 is 6.45.